The Hall–Kier alpha value is -3.56. The quantitative estimate of drug-likeness (QED) is 0.482. The van der Waals surface area contributed by atoms with Crippen molar-refractivity contribution in [1.29, 1.82) is 0 Å². The molecule has 2 unspecified atom stereocenters. The Bertz CT molecular complexity index is 1170. The molecule has 0 fully saturated rings. The van der Waals surface area contributed by atoms with Gasteiger partial charge in [0.25, 0.3) is 0 Å². The SMILES string of the molecule is CNCC(O)COc1cccc(-c2nc(C3=CNC(C)N=C3)cc(-c3c(C)noc3C)n2)c1. The topological polar surface area (TPSA) is 118 Å². The number of benzene rings is 1. The van der Waals surface area contributed by atoms with Crippen molar-refractivity contribution in [3.63, 3.8) is 0 Å². The molecule has 9 nitrogen and oxygen atoms in total. The molecule has 172 valence electrons. The summed E-state index contributed by atoms with van der Waals surface area (Å²) in [6, 6.07) is 9.43. The summed E-state index contributed by atoms with van der Waals surface area (Å²) in [5.41, 5.74) is 4.70. The molecule has 0 saturated heterocycles. The standard InChI is InChI=1S/C24H28N6O3/c1-14-23(15(2)33-30-14)22-9-21(18-10-26-16(3)27-11-18)28-24(29-22)17-6-5-7-20(8-17)32-13-19(31)12-25-4/h5-11,16,19,25-26,31H,12-13H2,1-4H3. The molecule has 0 amide bonds. The van der Waals surface area contributed by atoms with Crippen molar-refractivity contribution >= 4 is 11.8 Å². The van der Waals surface area contributed by atoms with Gasteiger partial charge in [0, 0.05) is 30.1 Å². The number of nitrogens with zero attached hydrogens (tertiary/aromatic N) is 4. The monoisotopic (exact) mass is 448 g/mol. The number of nitrogens with one attached hydrogen (secondary N) is 2. The fourth-order valence-corrected chi connectivity index (χ4v) is 3.54. The van der Waals surface area contributed by atoms with Crippen LogP contribution in [0.25, 0.3) is 28.2 Å². The van der Waals surface area contributed by atoms with Gasteiger partial charge in [-0.1, -0.05) is 17.3 Å². The average molecular weight is 449 g/mol. The van der Waals surface area contributed by atoms with E-state index in [0.29, 0.717) is 23.9 Å². The van der Waals surface area contributed by atoms with E-state index >= 15 is 0 Å². The van der Waals surface area contributed by atoms with Crippen LogP contribution in [0.1, 0.15) is 24.1 Å². The third-order valence-corrected chi connectivity index (χ3v) is 5.20. The van der Waals surface area contributed by atoms with Gasteiger partial charge in [-0.25, -0.2) is 9.97 Å². The second-order valence-corrected chi connectivity index (χ2v) is 7.93. The van der Waals surface area contributed by atoms with E-state index in [-0.39, 0.29) is 12.8 Å². The molecule has 9 heteroatoms. The predicted octanol–water partition coefficient (Wildman–Crippen LogP) is 2.74. The van der Waals surface area contributed by atoms with Gasteiger partial charge in [-0.3, -0.25) is 4.99 Å². The molecule has 1 aliphatic heterocycles. The van der Waals surface area contributed by atoms with Gasteiger partial charge in [0.05, 0.1) is 22.6 Å². The van der Waals surface area contributed by atoms with E-state index in [1.807, 2.05) is 63.5 Å². The fourth-order valence-electron chi connectivity index (χ4n) is 3.54. The van der Waals surface area contributed by atoms with Crippen LogP contribution in [0.3, 0.4) is 0 Å². The molecule has 3 aromatic rings. The average Bonchev–Trinajstić information content (AvgIpc) is 3.16. The van der Waals surface area contributed by atoms with Gasteiger partial charge in [0.2, 0.25) is 0 Å². The molecule has 0 aliphatic carbocycles. The number of allylic oxidation sites excluding steroid dienone is 1. The minimum absolute atomic E-state index is 0.0178. The van der Waals surface area contributed by atoms with Crippen molar-refractivity contribution in [2.75, 3.05) is 20.2 Å². The maximum Gasteiger partial charge on any atom is 0.160 e. The van der Waals surface area contributed by atoms with Crippen molar-refractivity contribution in [3.8, 4) is 28.4 Å². The van der Waals surface area contributed by atoms with Crippen LogP contribution < -0.4 is 15.4 Å². The van der Waals surface area contributed by atoms with Crippen molar-refractivity contribution in [2.24, 2.45) is 4.99 Å². The molecule has 2 atom stereocenters. The summed E-state index contributed by atoms with van der Waals surface area (Å²) in [6.07, 6.45) is 3.14. The first-order valence-electron chi connectivity index (χ1n) is 10.8. The molecular weight excluding hydrogens is 420 g/mol. The minimum Gasteiger partial charge on any atom is -0.491 e. The summed E-state index contributed by atoms with van der Waals surface area (Å²) in [6.45, 7) is 6.37. The van der Waals surface area contributed by atoms with E-state index in [9.17, 15) is 5.11 Å². The summed E-state index contributed by atoms with van der Waals surface area (Å²) in [5.74, 6) is 1.86. The first-order valence-corrected chi connectivity index (χ1v) is 10.8. The Balaban J connectivity index is 1.74. The maximum absolute atomic E-state index is 9.94. The van der Waals surface area contributed by atoms with Crippen LogP contribution in [0, 0.1) is 13.8 Å². The Morgan fingerprint density at radius 1 is 1.21 bits per heavy atom. The molecule has 3 N–H and O–H groups in total. The number of aryl methyl sites for hydroxylation is 2. The third-order valence-electron chi connectivity index (χ3n) is 5.20. The van der Waals surface area contributed by atoms with Crippen LogP contribution in [0.15, 0.2) is 46.0 Å². The third kappa shape index (κ3) is 5.27. The van der Waals surface area contributed by atoms with Crippen LogP contribution >= 0.6 is 0 Å². The molecule has 1 aliphatic rings. The van der Waals surface area contributed by atoms with Crippen molar-refractivity contribution in [1.82, 2.24) is 25.8 Å². The number of rotatable bonds is 8. The highest BCUT2D eigenvalue weighted by atomic mass is 16.5. The van der Waals surface area contributed by atoms with Crippen LogP contribution in [-0.4, -0.2) is 58.9 Å². The zero-order chi connectivity index (χ0) is 23.4. The van der Waals surface area contributed by atoms with Gasteiger partial charge in [-0.15, -0.1) is 0 Å². The summed E-state index contributed by atoms with van der Waals surface area (Å²) in [5, 5.41) is 20.2. The molecule has 1 aromatic carbocycles. The first-order chi connectivity index (χ1) is 15.9. The zero-order valence-corrected chi connectivity index (χ0v) is 19.2. The van der Waals surface area contributed by atoms with Gasteiger partial charge >= 0.3 is 0 Å². The molecule has 3 heterocycles. The van der Waals surface area contributed by atoms with Gasteiger partial charge < -0.3 is 25.0 Å². The lowest BCUT2D eigenvalue weighted by Gasteiger charge is -2.15. The van der Waals surface area contributed by atoms with E-state index in [1.54, 1.807) is 7.05 Å². The molecule has 33 heavy (non-hydrogen) atoms. The lowest BCUT2D eigenvalue weighted by Crippen LogP contribution is -2.29. The summed E-state index contributed by atoms with van der Waals surface area (Å²) in [7, 11) is 1.79. The Labute approximate surface area is 192 Å². The largest absolute Gasteiger partial charge is 0.491 e. The normalized spacial score (nSPS) is 16.3. The molecule has 0 radical (unpaired) electrons. The van der Waals surface area contributed by atoms with Crippen molar-refractivity contribution < 1.29 is 14.4 Å². The highest BCUT2D eigenvalue weighted by molar-refractivity contribution is 6.09. The number of likely N-dealkylation sites (N-methyl/N-ethyl adjacent to an activating group) is 1. The van der Waals surface area contributed by atoms with E-state index in [0.717, 1.165) is 33.8 Å². The summed E-state index contributed by atoms with van der Waals surface area (Å²) < 4.78 is 11.1. The minimum atomic E-state index is -0.600. The second-order valence-electron chi connectivity index (χ2n) is 7.93. The van der Waals surface area contributed by atoms with Crippen LogP contribution in [0.4, 0.5) is 0 Å². The van der Waals surface area contributed by atoms with Crippen LogP contribution in [0.2, 0.25) is 0 Å². The van der Waals surface area contributed by atoms with Crippen LogP contribution in [0.5, 0.6) is 5.75 Å². The smallest absolute Gasteiger partial charge is 0.160 e. The zero-order valence-electron chi connectivity index (χ0n) is 19.2. The highest BCUT2D eigenvalue weighted by Gasteiger charge is 2.18. The predicted molar refractivity (Wildman–Crippen MR) is 127 cm³/mol. The number of aliphatic imine (C=N–C) groups is 1. The molecule has 0 spiro atoms. The van der Waals surface area contributed by atoms with E-state index in [1.165, 1.54) is 0 Å². The van der Waals surface area contributed by atoms with Gasteiger partial charge in [-0.05, 0) is 46.0 Å². The Morgan fingerprint density at radius 3 is 2.73 bits per heavy atom. The van der Waals surface area contributed by atoms with Crippen LogP contribution in [-0.2, 0) is 0 Å². The lowest BCUT2D eigenvalue weighted by atomic mass is 10.1. The molecule has 0 saturated carbocycles. The summed E-state index contributed by atoms with van der Waals surface area (Å²) >= 11 is 0. The summed E-state index contributed by atoms with van der Waals surface area (Å²) in [4.78, 5) is 14.1. The first kappa shape index (κ1) is 22.6. The van der Waals surface area contributed by atoms with E-state index in [4.69, 9.17) is 19.2 Å². The van der Waals surface area contributed by atoms with Crippen molar-refractivity contribution in [3.05, 3.63) is 53.7 Å². The highest BCUT2D eigenvalue weighted by Crippen LogP contribution is 2.30. The van der Waals surface area contributed by atoms with Crippen molar-refractivity contribution in [2.45, 2.75) is 33.0 Å². The Morgan fingerprint density at radius 2 is 2.03 bits per heavy atom. The van der Waals surface area contributed by atoms with Gasteiger partial charge in [-0.2, -0.15) is 0 Å². The molecular formula is C24H28N6O3. The van der Waals surface area contributed by atoms with Gasteiger partial charge in [0.15, 0.2) is 5.82 Å². The number of aliphatic hydroxyl groups excluding tert-OH is 1. The lowest BCUT2D eigenvalue weighted by molar-refractivity contribution is 0.108. The number of hydrogen-bond acceptors (Lipinski definition) is 9. The fraction of sp³-hybridized carbons (Fsp3) is 0.333. The Kier molecular flexibility index (Phi) is 6.81. The molecule has 2 aromatic heterocycles. The van der Waals surface area contributed by atoms with E-state index in [2.05, 4.69) is 20.8 Å². The maximum atomic E-state index is 9.94. The number of hydrogen-bond donors (Lipinski definition) is 3. The second kappa shape index (κ2) is 9.93. The van der Waals surface area contributed by atoms with E-state index < -0.39 is 6.10 Å². The molecule has 0 bridgehead atoms. The number of ether oxygens (including phenoxy) is 1. The molecule has 4 rings (SSSR count). The number of aliphatic hydroxyl groups is 1. The van der Waals surface area contributed by atoms with Gasteiger partial charge in [0.1, 0.15) is 30.4 Å². The number of aromatic nitrogens is 3.